The van der Waals surface area contributed by atoms with E-state index in [2.05, 4.69) is 17.1 Å². The highest BCUT2D eigenvalue weighted by molar-refractivity contribution is 7.99. The van der Waals surface area contributed by atoms with Crippen molar-refractivity contribution < 1.29 is 4.79 Å². The van der Waals surface area contributed by atoms with E-state index in [4.69, 9.17) is 5.73 Å². The van der Waals surface area contributed by atoms with Gasteiger partial charge < -0.3 is 11.1 Å². The lowest BCUT2D eigenvalue weighted by atomic mass is 9.94. The normalized spacial score (nSPS) is 24.5. The minimum Gasteiger partial charge on any atom is -0.353 e. The van der Waals surface area contributed by atoms with Gasteiger partial charge in [-0.15, -0.1) is 0 Å². The van der Waals surface area contributed by atoms with E-state index in [1.807, 2.05) is 11.8 Å². The summed E-state index contributed by atoms with van der Waals surface area (Å²) >= 11 is 2.04. The molecule has 1 saturated carbocycles. The van der Waals surface area contributed by atoms with Crippen molar-refractivity contribution in [1.29, 1.82) is 0 Å². The summed E-state index contributed by atoms with van der Waals surface area (Å²) in [6.45, 7) is 5.19. The van der Waals surface area contributed by atoms with Gasteiger partial charge in [-0.1, -0.05) is 26.2 Å². The van der Waals surface area contributed by atoms with Crippen LogP contribution in [0.3, 0.4) is 0 Å². The van der Waals surface area contributed by atoms with E-state index in [0.717, 1.165) is 19.4 Å². The Kier molecular flexibility index (Phi) is 6.18. The van der Waals surface area contributed by atoms with E-state index in [1.54, 1.807) is 0 Å². The van der Waals surface area contributed by atoms with Crippen LogP contribution >= 0.6 is 11.8 Å². The maximum absolute atomic E-state index is 12.1. The molecule has 0 aromatic rings. The first kappa shape index (κ1) is 16.1. The van der Waals surface area contributed by atoms with Crippen molar-refractivity contribution in [3.63, 3.8) is 0 Å². The van der Waals surface area contributed by atoms with Gasteiger partial charge in [-0.25, -0.2) is 0 Å². The lowest BCUT2D eigenvalue weighted by molar-refractivity contribution is -0.123. The molecule has 1 aliphatic heterocycles. The first-order valence-electron chi connectivity index (χ1n) is 8.04. The second kappa shape index (κ2) is 7.66. The first-order valence-corrected chi connectivity index (χ1v) is 9.19. The summed E-state index contributed by atoms with van der Waals surface area (Å²) in [5.41, 5.74) is 6.12. The standard InChI is InChI=1S/C15H29N3OS/c1-2-5-13(16)14(19)17-12-15(6-3-4-7-15)18-8-10-20-11-9-18/h13H,2-12,16H2,1H3,(H,17,19). The van der Waals surface area contributed by atoms with Crippen LogP contribution in [0.15, 0.2) is 0 Å². The number of nitrogens with two attached hydrogens (primary N) is 1. The van der Waals surface area contributed by atoms with Crippen molar-refractivity contribution in [3.05, 3.63) is 0 Å². The van der Waals surface area contributed by atoms with Crippen molar-refractivity contribution in [2.75, 3.05) is 31.1 Å². The number of hydrogen-bond acceptors (Lipinski definition) is 4. The number of thioether (sulfide) groups is 1. The van der Waals surface area contributed by atoms with Gasteiger partial charge in [0.25, 0.3) is 0 Å². The van der Waals surface area contributed by atoms with Gasteiger partial charge in [0, 0.05) is 36.7 Å². The molecule has 3 N–H and O–H groups in total. The molecule has 0 spiro atoms. The molecule has 1 heterocycles. The van der Waals surface area contributed by atoms with Crippen LogP contribution in [0, 0.1) is 0 Å². The zero-order valence-corrected chi connectivity index (χ0v) is 13.5. The Bertz CT molecular complexity index is 312. The molecule has 2 aliphatic rings. The molecule has 1 amide bonds. The van der Waals surface area contributed by atoms with Crippen LogP contribution in [-0.2, 0) is 4.79 Å². The van der Waals surface area contributed by atoms with E-state index in [-0.39, 0.29) is 17.5 Å². The zero-order chi connectivity index (χ0) is 14.4. The molecule has 2 rings (SSSR count). The molecule has 20 heavy (non-hydrogen) atoms. The molecule has 4 nitrogen and oxygen atoms in total. The molecule has 0 aromatic heterocycles. The number of carbonyl (C=O) groups is 1. The smallest absolute Gasteiger partial charge is 0.236 e. The van der Waals surface area contributed by atoms with Crippen molar-refractivity contribution in [1.82, 2.24) is 10.2 Å². The fourth-order valence-electron chi connectivity index (χ4n) is 3.50. The largest absolute Gasteiger partial charge is 0.353 e. The highest BCUT2D eigenvalue weighted by Crippen LogP contribution is 2.36. The van der Waals surface area contributed by atoms with Crippen LogP contribution in [-0.4, -0.2) is 53.5 Å². The molecule has 0 aromatic carbocycles. The molecule has 1 aliphatic carbocycles. The van der Waals surface area contributed by atoms with Gasteiger partial charge in [0.2, 0.25) is 5.91 Å². The average molecular weight is 299 g/mol. The maximum atomic E-state index is 12.1. The Morgan fingerprint density at radius 2 is 2.00 bits per heavy atom. The van der Waals surface area contributed by atoms with E-state index in [1.165, 1.54) is 50.3 Å². The van der Waals surface area contributed by atoms with Gasteiger partial charge in [0.15, 0.2) is 0 Å². The molecule has 116 valence electrons. The van der Waals surface area contributed by atoms with Crippen LogP contribution in [0.2, 0.25) is 0 Å². The van der Waals surface area contributed by atoms with Crippen molar-refractivity contribution in [3.8, 4) is 0 Å². The van der Waals surface area contributed by atoms with Crippen LogP contribution in [0.5, 0.6) is 0 Å². The highest BCUT2D eigenvalue weighted by Gasteiger charge is 2.40. The van der Waals surface area contributed by atoms with Gasteiger partial charge in [-0.2, -0.15) is 11.8 Å². The lowest BCUT2D eigenvalue weighted by Crippen LogP contribution is -2.57. The summed E-state index contributed by atoms with van der Waals surface area (Å²) in [6.07, 6.45) is 6.77. The topological polar surface area (TPSA) is 58.4 Å². The Hall–Kier alpha value is -0.260. The van der Waals surface area contributed by atoms with Gasteiger partial charge in [0.1, 0.15) is 0 Å². The number of nitrogens with zero attached hydrogens (tertiary/aromatic N) is 1. The average Bonchev–Trinajstić information content (AvgIpc) is 2.96. The predicted molar refractivity (Wildman–Crippen MR) is 86.0 cm³/mol. The monoisotopic (exact) mass is 299 g/mol. The Morgan fingerprint density at radius 1 is 1.35 bits per heavy atom. The molecule has 1 unspecified atom stereocenters. The Morgan fingerprint density at radius 3 is 2.60 bits per heavy atom. The van der Waals surface area contributed by atoms with Crippen LogP contribution < -0.4 is 11.1 Å². The third-order valence-electron chi connectivity index (χ3n) is 4.74. The van der Waals surface area contributed by atoms with Crippen molar-refractivity contribution >= 4 is 17.7 Å². The summed E-state index contributed by atoms with van der Waals surface area (Å²) < 4.78 is 0. The quantitative estimate of drug-likeness (QED) is 0.782. The fourth-order valence-corrected chi connectivity index (χ4v) is 4.40. The third-order valence-corrected chi connectivity index (χ3v) is 5.69. The minimum absolute atomic E-state index is 0.0320. The molecule has 0 bridgehead atoms. The fraction of sp³-hybridized carbons (Fsp3) is 0.933. The van der Waals surface area contributed by atoms with Gasteiger partial charge in [0.05, 0.1) is 6.04 Å². The van der Waals surface area contributed by atoms with Crippen LogP contribution in [0.1, 0.15) is 45.4 Å². The Balaban J connectivity index is 1.90. The summed E-state index contributed by atoms with van der Waals surface area (Å²) in [5, 5.41) is 3.13. The molecule has 1 atom stereocenters. The summed E-state index contributed by atoms with van der Waals surface area (Å²) in [4.78, 5) is 14.7. The summed E-state index contributed by atoms with van der Waals surface area (Å²) in [7, 11) is 0. The van der Waals surface area contributed by atoms with Crippen molar-refractivity contribution in [2.45, 2.75) is 57.0 Å². The molecule has 2 fully saturated rings. The predicted octanol–water partition coefficient (Wildman–Crippen LogP) is 1.59. The van der Waals surface area contributed by atoms with E-state index < -0.39 is 0 Å². The lowest BCUT2D eigenvalue weighted by Gasteiger charge is -2.43. The Labute approximate surface area is 127 Å². The van der Waals surface area contributed by atoms with Crippen molar-refractivity contribution in [2.24, 2.45) is 5.73 Å². The molecular weight excluding hydrogens is 270 g/mol. The van der Waals surface area contributed by atoms with Gasteiger partial charge in [-0.3, -0.25) is 9.69 Å². The SMILES string of the molecule is CCCC(N)C(=O)NCC1(N2CCSCC2)CCCC1. The number of rotatable bonds is 6. The highest BCUT2D eigenvalue weighted by atomic mass is 32.2. The van der Waals surface area contributed by atoms with E-state index in [0.29, 0.717) is 0 Å². The number of carbonyl (C=O) groups excluding carboxylic acids is 1. The van der Waals surface area contributed by atoms with Gasteiger partial charge >= 0.3 is 0 Å². The first-order chi connectivity index (χ1) is 9.68. The number of amides is 1. The number of nitrogens with one attached hydrogen (secondary N) is 1. The summed E-state index contributed by atoms with van der Waals surface area (Å²) in [6, 6.07) is -0.338. The zero-order valence-electron chi connectivity index (χ0n) is 12.7. The second-order valence-electron chi connectivity index (χ2n) is 6.14. The summed E-state index contributed by atoms with van der Waals surface area (Å²) in [5.74, 6) is 2.49. The van der Waals surface area contributed by atoms with Gasteiger partial charge in [-0.05, 0) is 19.3 Å². The third kappa shape index (κ3) is 3.89. The van der Waals surface area contributed by atoms with Crippen LogP contribution in [0.4, 0.5) is 0 Å². The van der Waals surface area contributed by atoms with Crippen LogP contribution in [0.25, 0.3) is 0 Å². The molecule has 5 heteroatoms. The van der Waals surface area contributed by atoms with E-state index >= 15 is 0 Å². The molecular formula is C15H29N3OS. The molecule has 1 saturated heterocycles. The second-order valence-corrected chi connectivity index (χ2v) is 7.37. The molecule has 0 radical (unpaired) electrons. The van der Waals surface area contributed by atoms with E-state index in [9.17, 15) is 4.79 Å². The number of hydrogen-bond donors (Lipinski definition) is 2. The minimum atomic E-state index is -0.338. The maximum Gasteiger partial charge on any atom is 0.236 e.